The summed E-state index contributed by atoms with van der Waals surface area (Å²) in [6.07, 6.45) is 0. The van der Waals surface area contributed by atoms with Crippen molar-refractivity contribution in [3.8, 4) is 0 Å². The highest BCUT2D eigenvalue weighted by molar-refractivity contribution is 5.94. The van der Waals surface area contributed by atoms with Gasteiger partial charge in [0, 0.05) is 31.6 Å². The van der Waals surface area contributed by atoms with E-state index in [0.29, 0.717) is 18.7 Å². The zero-order valence-corrected chi connectivity index (χ0v) is 16.9. The fourth-order valence-corrected chi connectivity index (χ4v) is 2.32. The van der Waals surface area contributed by atoms with Gasteiger partial charge in [0.05, 0.1) is 5.54 Å². The Kier molecular flexibility index (Phi) is 9.16. The lowest BCUT2D eigenvalue weighted by atomic mass is 9.88. The van der Waals surface area contributed by atoms with Crippen molar-refractivity contribution in [2.24, 2.45) is 17.6 Å². The molecule has 0 heterocycles. The molecule has 0 saturated carbocycles. The van der Waals surface area contributed by atoms with Crippen LogP contribution in [0.5, 0.6) is 0 Å². The van der Waals surface area contributed by atoms with Gasteiger partial charge < -0.3 is 16.0 Å². The highest BCUT2D eigenvalue weighted by Gasteiger charge is 2.28. The van der Waals surface area contributed by atoms with E-state index in [-0.39, 0.29) is 36.1 Å². The first-order chi connectivity index (χ1) is 11.1. The predicted octanol–water partition coefficient (Wildman–Crippen LogP) is 2.83. The lowest BCUT2D eigenvalue weighted by Gasteiger charge is -2.33. The summed E-state index contributed by atoms with van der Waals surface area (Å²) in [6, 6.07) is 7.34. The molecular formula is C19H32ClN3O2. The molecule has 2 amide bonds. The number of nitrogens with zero attached hydrogens (tertiary/aromatic N) is 1. The minimum absolute atomic E-state index is 0. The molecule has 0 saturated heterocycles. The van der Waals surface area contributed by atoms with Crippen LogP contribution in [0.25, 0.3) is 0 Å². The number of nitrogens with two attached hydrogens (primary N) is 1. The number of hydrogen-bond donors (Lipinski definition) is 2. The minimum Gasteiger partial charge on any atom is -0.345 e. The Morgan fingerprint density at radius 1 is 1.16 bits per heavy atom. The van der Waals surface area contributed by atoms with Gasteiger partial charge in [0.1, 0.15) is 0 Å². The van der Waals surface area contributed by atoms with Gasteiger partial charge in [-0.1, -0.05) is 39.8 Å². The number of carbonyl (C=O) groups excluding carboxylic acids is 2. The van der Waals surface area contributed by atoms with Gasteiger partial charge in [0.2, 0.25) is 5.91 Å². The van der Waals surface area contributed by atoms with Crippen molar-refractivity contribution in [2.45, 2.75) is 46.7 Å². The maximum absolute atomic E-state index is 12.4. The summed E-state index contributed by atoms with van der Waals surface area (Å²) in [5, 5.41) is 3.02. The summed E-state index contributed by atoms with van der Waals surface area (Å²) in [5.74, 6) is 0.189. The second-order valence-corrected chi connectivity index (χ2v) is 7.28. The number of hydrogen-bond acceptors (Lipinski definition) is 3. The molecule has 1 aromatic rings. The van der Waals surface area contributed by atoms with E-state index in [1.807, 2.05) is 46.8 Å². The van der Waals surface area contributed by atoms with Crippen molar-refractivity contribution in [1.82, 2.24) is 10.2 Å². The number of rotatable bonds is 7. The first kappa shape index (κ1) is 23.4. The van der Waals surface area contributed by atoms with Crippen LogP contribution in [-0.4, -0.2) is 35.8 Å². The minimum atomic E-state index is -0.431. The number of nitrogens with one attached hydrogen (secondary N) is 1. The van der Waals surface area contributed by atoms with E-state index in [1.165, 1.54) is 0 Å². The maximum atomic E-state index is 12.4. The smallest absolute Gasteiger partial charge is 0.251 e. The second-order valence-electron chi connectivity index (χ2n) is 7.28. The first-order valence-electron chi connectivity index (χ1n) is 8.47. The third-order valence-corrected chi connectivity index (χ3v) is 4.60. The highest BCUT2D eigenvalue weighted by atomic mass is 35.5. The van der Waals surface area contributed by atoms with Crippen molar-refractivity contribution in [3.05, 3.63) is 35.4 Å². The number of halogens is 1. The van der Waals surface area contributed by atoms with E-state index in [4.69, 9.17) is 5.73 Å². The molecule has 0 aliphatic heterocycles. The fourth-order valence-electron chi connectivity index (χ4n) is 2.32. The molecule has 5 nitrogen and oxygen atoms in total. The van der Waals surface area contributed by atoms with E-state index in [9.17, 15) is 9.59 Å². The Balaban J connectivity index is 0.00000576. The third kappa shape index (κ3) is 6.33. The second kappa shape index (κ2) is 9.78. The summed E-state index contributed by atoms with van der Waals surface area (Å²) in [7, 11) is 1.79. The molecule has 0 bridgehead atoms. The molecule has 0 aliphatic rings. The summed E-state index contributed by atoms with van der Waals surface area (Å²) < 4.78 is 0. The Bertz CT molecular complexity index is 573. The van der Waals surface area contributed by atoms with E-state index in [0.717, 1.165) is 5.56 Å². The van der Waals surface area contributed by atoms with E-state index >= 15 is 0 Å². The van der Waals surface area contributed by atoms with Crippen molar-refractivity contribution in [1.29, 1.82) is 0 Å². The van der Waals surface area contributed by atoms with Gasteiger partial charge in [-0.3, -0.25) is 9.59 Å². The van der Waals surface area contributed by atoms with E-state index in [2.05, 4.69) is 5.32 Å². The molecule has 0 fully saturated rings. The van der Waals surface area contributed by atoms with Gasteiger partial charge in [-0.25, -0.2) is 0 Å². The Morgan fingerprint density at radius 3 is 2.08 bits per heavy atom. The van der Waals surface area contributed by atoms with Gasteiger partial charge >= 0.3 is 0 Å². The van der Waals surface area contributed by atoms with Crippen molar-refractivity contribution in [3.63, 3.8) is 0 Å². The molecule has 3 N–H and O–H groups in total. The van der Waals surface area contributed by atoms with Crippen LogP contribution in [0.15, 0.2) is 24.3 Å². The van der Waals surface area contributed by atoms with E-state index in [1.54, 1.807) is 24.1 Å². The number of benzene rings is 1. The summed E-state index contributed by atoms with van der Waals surface area (Å²) in [6.45, 7) is 10.7. The molecule has 0 spiro atoms. The summed E-state index contributed by atoms with van der Waals surface area (Å²) in [5.41, 5.74) is 6.97. The molecule has 25 heavy (non-hydrogen) atoms. The number of amides is 2. The van der Waals surface area contributed by atoms with E-state index < -0.39 is 5.54 Å². The number of carbonyl (C=O) groups is 2. The van der Waals surface area contributed by atoms with Crippen molar-refractivity contribution >= 4 is 24.2 Å². The maximum Gasteiger partial charge on any atom is 0.251 e. The topological polar surface area (TPSA) is 75.4 Å². The Hall–Kier alpha value is -1.59. The SMILES string of the molecule is CC(C)C(=O)N(C)Cc1ccc(C(=O)NC(C)(CN)C(C)C)cc1.Cl. The highest BCUT2D eigenvalue weighted by Crippen LogP contribution is 2.16. The molecule has 0 aromatic heterocycles. The summed E-state index contributed by atoms with van der Waals surface area (Å²) in [4.78, 5) is 26.0. The predicted molar refractivity (Wildman–Crippen MR) is 105 cm³/mol. The van der Waals surface area contributed by atoms with Crippen molar-refractivity contribution < 1.29 is 9.59 Å². The molecule has 0 radical (unpaired) electrons. The lowest BCUT2D eigenvalue weighted by molar-refractivity contribution is -0.133. The van der Waals surface area contributed by atoms with Crippen molar-refractivity contribution in [2.75, 3.05) is 13.6 Å². The molecule has 6 heteroatoms. The average molecular weight is 370 g/mol. The standard InChI is InChI=1S/C19H31N3O2.ClH/c1-13(2)18(24)22(6)11-15-7-9-16(10-8-15)17(23)21-19(5,12-20)14(3)4;/h7-10,13-14H,11-12,20H2,1-6H3,(H,21,23);1H. The van der Waals surface area contributed by atoms with Gasteiger partial charge in [-0.05, 0) is 30.5 Å². The van der Waals surface area contributed by atoms with Gasteiger partial charge in [0.25, 0.3) is 5.91 Å². The van der Waals surface area contributed by atoms with Gasteiger partial charge in [-0.2, -0.15) is 0 Å². The largest absolute Gasteiger partial charge is 0.345 e. The van der Waals surface area contributed by atoms with Crippen LogP contribution in [0.4, 0.5) is 0 Å². The third-order valence-electron chi connectivity index (χ3n) is 4.60. The zero-order valence-electron chi connectivity index (χ0n) is 16.1. The van der Waals surface area contributed by atoms with Crippen LogP contribution in [0, 0.1) is 11.8 Å². The van der Waals surface area contributed by atoms with Crippen LogP contribution in [0.1, 0.15) is 50.5 Å². The Morgan fingerprint density at radius 2 is 1.68 bits per heavy atom. The molecule has 1 rings (SSSR count). The molecule has 1 atom stereocenters. The molecule has 1 unspecified atom stereocenters. The monoisotopic (exact) mass is 369 g/mol. The van der Waals surface area contributed by atoms with Crippen LogP contribution < -0.4 is 11.1 Å². The fraction of sp³-hybridized carbons (Fsp3) is 0.579. The van der Waals surface area contributed by atoms with Crippen LogP contribution in [0.3, 0.4) is 0 Å². The molecule has 142 valence electrons. The van der Waals surface area contributed by atoms with Gasteiger partial charge in [-0.15, -0.1) is 12.4 Å². The summed E-state index contributed by atoms with van der Waals surface area (Å²) >= 11 is 0. The van der Waals surface area contributed by atoms with Crippen LogP contribution in [0.2, 0.25) is 0 Å². The Labute approximate surface area is 157 Å². The molecular weight excluding hydrogens is 338 g/mol. The van der Waals surface area contributed by atoms with Gasteiger partial charge in [0.15, 0.2) is 0 Å². The quantitative estimate of drug-likeness (QED) is 0.775. The van der Waals surface area contributed by atoms with Crippen LogP contribution in [-0.2, 0) is 11.3 Å². The average Bonchev–Trinajstić information content (AvgIpc) is 2.54. The van der Waals surface area contributed by atoms with Crippen LogP contribution >= 0.6 is 12.4 Å². The zero-order chi connectivity index (χ0) is 18.5. The first-order valence-corrected chi connectivity index (χ1v) is 8.47. The molecule has 1 aromatic carbocycles. The lowest BCUT2D eigenvalue weighted by Crippen LogP contribution is -2.55. The molecule has 0 aliphatic carbocycles. The normalized spacial score (nSPS) is 13.2.